The largest absolute Gasteiger partial charge is 0.448 e. The first-order valence-corrected chi connectivity index (χ1v) is 12.9. The van der Waals surface area contributed by atoms with Crippen molar-refractivity contribution in [2.24, 2.45) is 0 Å². The summed E-state index contributed by atoms with van der Waals surface area (Å²) in [5.41, 5.74) is 1.49. The monoisotopic (exact) mass is 516 g/mol. The molecule has 0 atom stereocenters. The van der Waals surface area contributed by atoms with Gasteiger partial charge >= 0.3 is 0 Å². The standard InChI is InChI=1S/3C7H11NO.C7H11NS/c1-7(2,3)6-8-4-5-9-6;1-7(2,3)6-4-5-9-8-6;1-7(2,3)6-4-5-8-9-6;1-7(2,3)6-8-4-5-9-6/h4*4-5H,1-3H3. The van der Waals surface area contributed by atoms with E-state index in [0.717, 1.165) is 17.3 Å². The SMILES string of the molecule is CC(C)(C)c1ccno1.CC(C)(C)c1ccon1.CC(C)(C)c1ncco1.CC(C)(C)c1nccs1. The van der Waals surface area contributed by atoms with Crippen molar-refractivity contribution in [3.8, 4) is 0 Å². The molecule has 0 aliphatic carbocycles. The van der Waals surface area contributed by atoms with Crippen LogP contribution in [0.3, 0.4) is 0 Å². The molecule has 0 saturated carbocycles. The molecule has 0 aliphatic heterocycles. The number of rotatable bonds is 0. The van der Waals surface area contributed by atoms with Crippen LogP contribution in [0.5, 0.6) is 0 Å². The normalized spacial score (nSPS) is 11.9. The summed E-state index contributed by atoms with van der Waals surface area (Å²) in [6.07, 6.45) is 8.38. The minimum absolute atomic E-state index is 0.0451. The van der Waals surface area contributed by atoms with Crippen LogP contribution in [0.2, 0.25) is 0 Å². The maximum absolute atomic E-state index is 5.09. The molecule has 0 fully saturated rings. The third-order valence-corrected chi connectivity index (χ3v) is 5.73. The van der Waals surface area contributed by atoms with Gasteiger partial charge in [0.25, 0.3) is 0 Å². The van der Waals surface area contributed by atoms with E-state index in [1.807, 2.05) is 23.7 Å². The van der Waals surface area contributed by atoms with Gasteiger partial charge in [0.1, 0.15) is 18.3 Å². The van der Waals surface area contributed by atoms with E-state index in [-0.39, 0.29) is 21.7 Å². The number of thiazole rings is 1. The minimum Gasteiger partial charge on any atom is -0.448 e. The average molecular weight is 517 g/mol. The van der Waals surface area contributed by atoms with E-state index in [1.165, 1.54) is 5.01 Å². The highest BCUT2D eigenvalue weighted by Gasteiger charge is 2.18. The summed E-state index contributed by atoms with van der Waals surface area (Å²) in [7, 11) is 0. The Hall–Kier alpha value is -2.74. The lowest BCUT2D eigenvalue weighted by Gasteiger charge is -2.12. The summed E-state index contributed by atoms with van der Waals surface area (Å²) >= 11 is 1.72. The molecule has 0 bridgehead atoms. The van der Waals surface area contributed by atoms with Crippen molar-refractivity contribution < 1.29 is 13.5 Å². The Bertz CT molecular complexity index is 865. The Morgan fingerprint density at radius 3 is 1.56 bits per heavy atom. The van der Waals surface area contributed by atoms with Crippen molar-refractivity contribution in [1.82, 2.24) is 20.3 Å². The molecule has 0 aliphatic rings. The summed E-state index contributed by atoms with van der Waals surface area (Å²) in [5, 5.41) is 10.7. The third-order valence-electron chi connectivity index (χ3n) is 4.53. The Balaban J connectivity index is 0.000000240. The van der Waals surface area contributed by atoms with Crippen molar-refractivity contribution in [1.29, 1.82) is 0 Å². The zero-order valence-electron chi connectivity index (χ0n) is 24.0. The zero-order valence-corrected chi connectivity index (χ0v) is 24.9. The number of hydrogen-bond donors (Lipinski definition) is 0. The second-order valence-corrected chi connectivity index (χ2v) is 13.3. The molecule has 0 saturated heterocycles. The van der Waals surface area contributed by atoms with Crippen molar-refractivity contribution in [2.45, 2.75) is 105 Å². The van der Waals surface area contributed by atoms with Gasteiger partial charge in [0.05, 0.1) is 23.1 Å². The molecular formula is C28H44N4O3S. The van der Waals surface area contributed by atoms with Crippen LogP contribution in [0.4, 0.5) is 0 Å². The summed E-state index contributed by atoms with van der Waals surface area (Å²) in [6.45, 7) is 25.3. The second-order valence-electron chi connectivity index (χ2n) is 12.4. The van der Waals surface area contributed by atoms with Crippen LogP contribution in [-0.2, 0) is 21.7 Å². The molecular weight excluding hydrogens is 472 g/mol. The van der Waals surface area contributed by atoms with E-state index in [9.17, 15) is 0 Å². The highest BCUT2D eigenvalue weighted by Crippen LogP contribution is 2.23. The fourth-order valence-electron chi connectivity index (χ4n) is 2.39. The predicted molar refractivity (Wildman–Crippen MR) is 146 cm³/mol. The smallest absolute Gasteiger partial charge is 0.199 e. The van der Waals surface area contributed by atoms with Crippen LogP contribution in [-0.4, -0.2) is 20.3 Å². The molecule has 4 heterocycles. The van der Waals surface area contributed by atoms with Crippen molar-refractivity contribution >= 4 is 11.3 Å². The van der Waals surface area contributed by atoms with Crippen molar-refractivity contribution in [3.05, 3.63) is 71.0 Å². The van der Waals surface area contributed by atoms with Gasteiger partial charge in [-0.2, -0.15) is 0 Å². The molecule has 0 spiro atoms. The fourth-order valence-corrected chi connectivity index (χ4v) is 3.12. The van der Waals surface area contributed by atoms with Crippen LogP contribution in [0, 0.1) is 0 Å². The summed E-state index contributed by atoms with van der Waals surface area (Å²) < 4.78 is 14.7. The second kappa shape index (κ2) is 13.0. The Morgan fingerprint density at radius 2 is 1.33 bits per heavy atom. The molecule has 36 heavy (non-hydrogen) atoms. The first kappa shape index (κ1) is 31.3. The molecule has 7 nitrogen and oxygen atoms in total. The topological polar surface area (TPSA) is 91.0 Å². The van der Waals surface area contributed by atoms with Gasteiger partial charge in [-0.05, 0) is 0 Å². The number of nitrogens with zero attached hydrogens (tertiary/aromatic N) is 4. The van der Waals surface area contributed by atoms with Gasteiger partial charge < -0.3 is 13.5 Å². The first-order valence-electron chi connectivity index (χ1n) is 12.0. The van der Waals surface area contributed by atoms with Crippen LogP contribution >= 0.6 is 11.3 Å². The van der Waals surface area contributed by atoms with E-state index in [0.29, 0.717) is 0 Å². The van der Waals surface area contributed by atoms with E-state index < -0.39 is 0 Å². The van der Waals surface area contributed by atoms with Gasteiger partial charge in [-0.15, -0.1) is 11.3 Å². The van der Waals surface area contributed by atoms with Gasteiger partial charge in [-0.25, -0.2) is 9.97 Å². The summed E-state index contributed by atoms with van der Waals surface area (Å²) in [6, 6.07) is 3.78. The maximum atomic E-state index is 5.09. The Morgan fingerprint density at radius 1 is 0.667 bits per heavy atom. The Labute approximate surface area is 220 Å². The zero-order chi connectivity index (χ0) is 27.6. The van der Waals surface area contributed by atoms with Crippen molar-refractivity contribution in [3.63, 3.8) is 0 Å². The minimum atomic E-state index is 0.0451. The lowest BCUT2D eigenvalue weighted by atomic mass is 9.93. The van der Waals surface area contributed by atoms with E-state index in [1.54, 1.807) is 36.3 Å². The molecule has 0 radical (unpaired) electrons. The Kier molecular flexibility index (Phi) is 11.3. The molecule has 4 aromatic heterocycles. The van der Waals surface area contributed by atoms with Crippen LogP contribution in [0.25, 0.3) is 0 Å². The van der Waals surface area contributed by atoms with E-state index >= 15 is 0 Å². The number of aromatic nitrogens is 4. The lowest BCUT2D eigenvalue weighted by Crippen LogP contribution is -2.10. The number of hydrogen-bond acceptors (Lipinski definition) is 8. The molecule has 4 aromatic rings. The van der Waals surface area contributed by atoms with Gasteiger partial charge in [-0.3, -0.25) is 0 Å². The maximum Gasteiger partial charge on any atom is 0.199 e. The third kappa shape index (κ3) is 11.8. The highest BCUT2D eigenvalue weighted by atomic mass is 32.1. The van der Waals surface area contributed by atoms with Gasteiger partial charge in [0, 0.05) is 45.4 Å². The van der Waals surface area contributed by atoms with Crippen LogP contribution in [0.15, 0.2) is 62.1 Å². The van der Waals surface area contributed by atoms with Crippen LogP contribution < -0.4 is 0 Å². The molecule has 4 rings (SSSR count). The quantitative estimate of drug-likeness (QED) is 0.232. The van der Waals surface area contributed by atoms with Gasteiger partial charge in [0.2, 0.25) is 0 Å². The molecule has 0 aromatic carbocycles. The summed E-state index contributed by atoms with van der Waals surface area (Å²) in [4.78, 5) is 8.23. The molecule has 0 amide bonds. The van der Waals surface area contributed by atoms with Gasteiger partial charge in [0.15, 0.2) is 5.89 Å². The first-order chi connectivity index (χ1) is 16.4. The highest BCUT2D eigenvalue weighted by molar-refractivity contribution is 7.09. The van der Waals surface area contributed by atoms with Crippen molar-refractivity contribution in [2.75, 3.05) is 0 Å². The van der Waals surface area contributed by atoms with E-state index in [4.69, 9.17) is 13.5 Å². The van der Waals surface area contributed by atoms with Crippen LogP contribution in [0.1, 0.15) is 105 Å². The molecule has 0 unspecified atom stereocenters. The molecule has 8 heteroatoms. The van der Waals surface area contributed by atoms with Gasteiger partial charge in [-0.1, -0.05) is 93.4 Å². The average Bonchev–Trinajstić information content (AvgIpc) is 3.57. The van der Waals surface area contributed by atoms with E-state index in [2.05, 4.69) is 103 Å². The fraction of sp³-hybridized carbons (Fsp3) is 0.571. The molecule has 200 valence electrons. The lowest BCUT2D eigenvalue weighted by molar-refractivity contribution is 0.329. The molecule has 0 N–H and O–H groups in total. The number of oxazole rings is 1. The predicted octanol–water partition coefficient (Wildman–Crippen LogP) is 8.36. The summed E-state index contributed by atoms with van der Waals surface area (Å²) in [5.74, 6) is 1.73.